The van der Waals surface area contributed by atoms with E-state index in [0.29, 0.717) is 55.3 Å². The lowest BCUT2D eigenvalue weighted by atomic mass is 9.90. The van der Waals surface area contributed by atoms with Crippen molar-refractivity contribution in [2.75, 3.05) is 45.7 Å². The van der Waals surface area contributed by atoms with Crippen LogP contribution in [0.1, 0.15) is 167 Å². The average Bonchev–Trinajstić information content (AvgIpc) is 2.83. The quantitative estimate of drug-likeness (QED) is 0.0261. The first-order valence-electron chi connectivity index (χ1n) is 30.6. The van der Waals surface area contributed by atoms with Gasteiger partial charge in [0.05, 0.1) is 19.1 Å². The third-order valence-electron chi connectivity index (χ3n) is 16.1. The zero-order chi connectivity index (χ0) is 64.7. The van der Waals surface area contributed by atoms with Crippen LogP contribution >= 0.6 is 11.3 Å². The Balaban J connectivity index is 1.48. The summed E-state index contributed by atoms with van der Waals surface area (Å²) in [5, 5.41) is 18.9. The van der Waals surface area contributed by atoms with E-state index >= 15 is 0 Å². The monoisotopic (exact) mass is 1230 g/mol. The Morgan fingerprint density at radius 1 is 0.839 bits per heavy atom. The molecule has 1 saturated heterocycles. The van der Waals surface area contributed by atoms with Crippen LogP contribution in [0.25, 0.3) is 0 Å². The molecule has 24 nitrogen and oxygen atoms in total. The molecule has 1 fully saturated rings. The fourth-order valence-corrected chi connectivity index (χ4v) is 11.6. The van der Waals surface area contributed by atoms with Gasteiger partial charge in [0.25, 0.3) is 17.7 Å². The number of nitrogens with two attached hydrogens (primary N) is 1. The number of nitrogens with zero attached hydrogens (tertiary/aromatic N) is 4. The van der Waals surface area contributed by atoms with Crippen LogP contribution in [0.15, 0.2) is 41.8 Å². The third kappa shape index (κ3) is 22.7. The molecule has 2 aromatic rings. The smallest absolute Gasteiger partial charge is 0.312 e. The van der Waals surface area contributed by atoms with E-state index in [4.69, 9.17) is 15.2 Å². The number of unbranched alkanes of at least 4 members (excludes halogenated alkanes) is 2. The topological polar surface area (TPSA) is 327 Å². The summed E-state index contributed by atoms with van der Waals surface area (Å²) < 4.78 is 10.9. The summed E-state index contributed by atoms with van der Waals surface area (Å²) in [5.41, 5.74) is 6.39. The number of rotatable bonds is 35. The molecule has 0 aliphatic carbocycles. The van der Waals surface area contributed by atoms with Gasteiger partial charge in [-0.1, -0.05) is 80.4 Å². The Kier molecular flexibility index (Phi) is 29.5. The molecule has 8 N–H and O–H groups in total. The number of imide groups is 1. The molecule has 482 valence electrons. The molecule has 0 bridgehead atoms. The number of likely N-dealkylation sites (N-methyl/N-ethyl adjacent to an activating group) is 2. The maximum absolute atomic E-state index is 14.7. The van der Waals surface area contributed by atoms with Crippen LogP contribution in [0.3, 0.4) is 0 Å². The number of carbonyl (C=O) groups excluding carboxylic acids is 11. The molecule has 10 amide bonds. The Hall–Kier alpha value is -7.28. The van der Waals surface area contributed by atoms with Crippen molar-refractivity contribution >= 4 is 82.3 Å². The first kappa shape index (κ1) is 72.2. The zero-order valence-electron chi connectivity index (χ0n) is 52.9. The zero-order valence-corrected chi connectivity index (χ0v) is 53.7. The summed E-state index contributed by atoms with van der Waals surface area (Å²) in [4.78, 5) is 154. The number of likely N-dealkylation sites (tertiary alicyclic amines) is 1. The Morgan fingerprint density at radius 2 is 1.52 bits per heavy atom. The standard InChI is InChI=1S/C62H95N11O13S/c1-13-39(8)54(70-57(80)48-31-38(7)27-30-71(48)11)60(82)72(14-2)47(36(3)4)34-49(86-41(10)74)59-68-46(35-87-59)56(79)66-44(32-40(9)61(83)85-12)33-42-21-23-43(24-22-42)65-55(78)45(19-18-28-64-62(63)84)67-58(81)53(37(5)6)69-50(75)20-16-15-17-29-73-51(76)25-26-52(73)77/h21-26,35-40,44-45,47-49,53-54H,13-20,27-34H2,1-12H3,(H,65,78)(H,66,79)(H,67,81)(H,69,75)(H,70,80)(H3,63,64,84)/t38-,39+,40+,44-,45+,47-,48-,49-,53+,54+/m1/s1. The van der Waals surface area contributed by atoms with E-state index in [1.54, 1.807) is 55.3 Å². The van der Waals surface area contributed by atoms with E-state index in [1.807, 2.05) is 46.6 Å². The van der Waals surface area contributed by atoms with Crippen molar-refractivity contribution < 1.29 is 62.2 Å². The van der Waals surface area contributed by atoms with Crippen molar-refractivity contribution in [1.29, 1.82) is 0 Å². The highest BCUT2D eigenvalue weighted by molar-refractivity contribution is 7.09. The second-order valence-corrected chi connectivity index (χ2v) is 24.7. The van der Waals surface area contributed by atoms with Crippen molar-refractivity contribution in [3.63, 3.8) is 0 Å². The van der Waals surface area contributed by atoms with E-state index < -0.39 is 77.9 Å². The largest absolute Gasteiger partial charge is 0.469 e. The number of anilines is 1. The van der Waals surface area contributed by atoms with Crippen molar-refractivity contribution in [3.05, 3.63) is 58.1 Å². The van der Waals surface area contributed by atoms with Crippen molar-refractivity contribution in [1.82, 2.24) is 46.3 Å². The van der Waals surface area contributed by atoms with Crippen LogP contribution in [0.4, 0.5) is 10.5 Å². The number of benzene rings is 1. The molecule has 3 heterocycles. The maximum Gasteiger partial charge on any atom is 0.312 e. The number of esters is 2. The second kappa shape index (κ2) is 35.5. The molecule has 25 heteroatoms. The summed E-state index contributed by atoms with van der Waals surface area (Å²) in [7, 11) is 3.21. The van der Waals surface area contributed by atoms with Gasteiger partial charge in [-0.05, 0) is 113 Å². The van der Waals surface area contributed by atoms with Gasteiger partial charge in [0.15, 0.2) is 6.10 Å². The lowest BCUT2D eigenvalue weighted by molar-refractivity contribution is -0.150. The Bertz CT molecular complexity index is 2700. The summed E-state index contributed by atoms with van der Waals surface area (Å²) in [6.45, 7) is 19.8. The van der Waals surface area contributed by atoms with Gasteiger partial charge in [-0.3, -0.25) is 57.7 Å². The molecule has 0 saturated carbocycles. The van der Waals surface area contributed by atoms with Crippen LogP contribution < -0.4 is 37.6 Å². The molecule has 87 heavy (non-hydrogen) atoms. The maximum atomic E-state index is 14.7. The molecule has 4 rings (SSSR count). The number of amides is 10. The molecular formula is C62H95N11O13S. The van der Waals surface area contributed by atoms with Crippen LogP contribution in [0.5, 0.6) is 0 Å². The molecule has 1 aromatic carbocycles. The first-order valence-corrected chi connectivity index (χ1v) is 31.4. The molecule has 2 aliphatic heterocycles. The minimum Gasteiger partial charge on any atom is -0.469 e. The van der Waals surface area contributed by atoms with Gasteiger partial charge < -0.3 is 52.0 Å². The summed E-state index contributed by atoms with van der Waals surface area (Å²) in [6, 6.07) is 1.65. The van der Waals surface area contributed by atoms with Gasteiger partial charge in [0.1, 0.15) is 28.8 Å². The molecule has 0 spiro atoms. The van der Waals surface area contributed by atoms with Crippen LogP contribution in [0, 0.1) is 29.6 Å². The predicted molar refractivity (Wildman–Crippen MR) is 329 cm³/mol. The summed E-state index contributed by atoms with van der Waals surface area (Å²) in [6.07, 6.45) is 6.33. The van der Waals surface area contributed by atoms with E-state index in [0.717, 1.165) is 34.8 Å². The van der Waals surface area contributed by atoms with Gasteiger partial charge in [-0.2, -0.15) is 0 Å². The number of urea groups is 1. The first-order chi connectivity index (χ1) is 41.2. The van der Waals surface area contributed by atoms with Crippen molar-refractivity contribution in [3.8, 4) is 0 Å². The number of primary amides is 1. The molecule has 0 radical (unpaired) electrons. The predicted octanol–water partition coefficient (Wildman–Crippen LogP) is 5.31. The number of ether oxygens (including phenoxy) is 2. The molecule has 2 aliphatic rings. The van der Waals surface area contributed by atoms with Crippen molar-refractivity contribution in [2.45, 2.75) is 189 Å². The number of hydrogen-bond donors (Lipinski definition) is 7. The number of nitrogens with one attached hydrogen (secondary N) is 6. The normalized spacial score (nSPS) is 17.9. The van der Waals surface area contributed by atoms with E-state index in [9.17, 15) is 52.7 Å². The van der Waals surface area contributed by atoms with Crippen molar-refractivity contribution in [2.24, 2.45) is 35.3 Å². The number of aromatic nitrogens is 1. The second-order valence-electron chi connectivity index (χ2n) is 23.8. The highest BCUT2D eigenvalue weighted by Crippen LogP contribution is 2.32. The van der Waals surface area contributed by atoms with Crippen LogP contribution in [-0.2, 0) is 59.0 Å². The fraction of sp³-hybridized carbons (Fsp3) is 0.645. The van der Waals surface area contributed by atoms with Crippen LogP contribution in [0.2, 0.25) is 0 Å². The summed E-state index contributed by atoms with van der Waals surface area (Å²) >= 11 is 1.13. The minimum absolute atomic E-state index is 0.0407. The lowest BCUT2D eigenvalue weighted by Crippen LogP contribution is -2.59. The number of hydrogen-bond acceptors (Lipinski definition) is 16. The average molecular weight is 1230 g/mol. The highest BCUT2D eigenvalue weighted by Gasteiger charge is 2.39. The molecule has 10 atom stereocenters. The van der Waals surface area contributed by atoms with E-state index in [1.165, 1.54) is 26.2 Å². The SMILES string of the molecule is CC[C@H](C)[C@H](NC(=O)[C@H]1C[C@H](C)CCN1C)C(=O)N(CC)[C@H](C[C@@H](OC(C)=O)c1nc(C(=O)N[C@@H](Cc2ccc(NC(=O)[C@H](CCCNC(N)=O)NC(=O)[C@@H](NC(=O)CCCCCN3C(=O)C=CC3=O)C(C)C)cc2)C[C@H](C)C(=O)OC)cs1)C(C)C. The van der Waals surface area contributed by atoms with Gasteiger partial charge in [-0.25, -0.2) is 9.78 Å². The number of methoxy groups -OCH3 is 1. The third-order valence-corrected chi connectivity index (χ3v) is 17.1. The minimum atomic E-state index is -1.11. The number of thiazole rings is 1. The van der Waals surface area contributed by atoms with Gasteiger partial charge in [-0.15, -0.1) is 11.3 Å². The van der Waals surface area contributed by atoms with Gasteiger partial charge in [0.2, 0.25) is 29.5 Å². The molecule has 1 aromatic heterocycles. The number of carbonyl (C=O) groups is 11. The number of piperidine rings is 1. The Labute approximate surface area is 516 Å². The fourth-order valence-electron chi connectivity index (χ4n) is 10.8. The Morgan fingerprint density at radius 3 is 2.11 bits per heavy atom. The molecule has 0 unspecified atom stereocenters. The highest BCUT2D eigenvalue weighted by atomic mass is 32.1. The lowest BCUT2D eigenvalue weighted by Gasteiger charge is -2.40. The van der Waals surface area contributed by atoms with Gasteiger partial charge >= 0.3 is 18.0 Å². The van der Waals surface area contributed by atoms with Gasteiger partial charge in [0, 0.05) is 74.7 Å². The summed E-state index contributed by atoms with van der Waals surface area (Å²) in [5.74, 6) is -5.26. The van der Waals surface area contributed by atoms with E-state index in [2.05, 4.69) is 43.8 Å². The molecular weight excluding hydrogens is 1140 g/mol. The van der Waals surface area contributed by atoms with E-state index in [-0.39, 0.29) is 111 Å². The van der Waals surface area contributed by atoms with Crippen LogP contribution in [-0.4, -0.2) is 161 Å².